The fraction of sp³-hybridized carbons (Fsp3) is 0.933. The van der Waals surface area contributed by atoms with Gasteiger partial charge < -0.3 is 9.80 Å². The third-order valence-corrected chi connectivity index (χ3v) is 5.63. The smallest absolute Gasteiger partial charge is 0.275 e. The molecule has 3 nitrogen and oxygen atoms in total. The Bertz CT molecular complexity index is 356. The van der Waals surface area contributed by atoms with E-state index in [1.165, 1.54) is 19.3 Å². The minimum atomic E-state index is -0.0117. The molecule has 0 heterocycles. The van der Waals surface area contributed by atoms with Gasteiger partial charge >= 0.3 is 0 Å². The fourth-order valence-electron chi connectivity index (χ4n) is 4.13. The molecule has 0 aromatic rings. The lowest BCUT2D eigenvalue weighted by Crippen LogP contribution is -2.61. The molecule has 2 rings (SSSR count). The molecule has 2 aliphatic carbocycles. The number of quaternary nitrogens is 1. The van der Waals surface area contributed by atoms with E-state index < -0.39 is 0 Å². The second kappa shape index (κ2) is 3.96. The van der Waals surface area contributed by atoms with Gasteiger partial charge in [0.1, 0.15) is 0 Å². The molecule has 0 unspecified atom stereocenters. The minimum Gasteiger partial charge on any atom is -0.345 e. The van der Waals surface area contributed by atoms with Gasteiger partial charge in [-0.05, 0) is 43.4 Å². The van der Waals surface area contributed by atoms with E-state index in [9.17, 15) is 4.79 Å². The molecule has 0 saturated heterocycles. The summed E-state index contributed by atoms with van der Waals surface area (Å²) in [7, 11) is 6.19. The molecule has 0 aromatic heterocycles. The molecule has 104 valence electrons. The number of hydrogen-bond donors (Lipinski definition) is 1. The Labute approximate surface area is 112 Å². The molecule has 2 bridgehead atoms. The summed E-state index contributed by atoms with van der Waals surface area (Å²) in [6.07, 6.45) is 3.93. The zero-order chi connectivity index (χ0) is 13.8. The molecule has 3 heteroatoms. The quantitative estimate of drug-likeness (QED) is 0.766. The van der Waals surface area contributed by atoms with Crippen molar-refractivity contribution in [3.63, 3.8) is 0 Å². The van der Waals surface area contributed by atoms with E-state index in [0.717, 1.165) is 5.92 Å². The molecule has 2 fully saturated rings. The summed E-state index contributed by atoms with van der Waals surface area (Å²) in [6, 6.07) is 0. The molecule has 1 amide bonds. The summed E-state index contributed by atoms with van der Waals surface area (Å²) >= 11 is 0. The Morgan fingerprint density at radius 1 is 1.17 bits per heavy atom. The summed E-state index contributed by atoms with van der Waals surface area (Å²) in [6.45, 7) is 7.50. The first-order chi connectivity index (χ1) is 8.06. The Kier molecular flexibility index (Phi) is 3.05. The Morgan fingerprint density at radius 2 is 1.72 bits per heavy atom. The highest BCUT2D eigenvalue weighted by Gasteiger charge is 2.60. The third kappa shape index (κ3) is 2.07. The van der Waals surface area contributed by atoms with E-state index in [-0.39, 0.29) is 16.9 Å². The lowest BCUT2D eigenvalue weighted by atomic mass is 9.64. The summed E-state index contributed by atoms with van der Waals surface area (Å²) in [4.78, 5) is 12.3. The molecule has 0 radical (unpaired) electrons. The van der Waals surface area contributed by atoms with Gasteiger partial charge in [0.05, 0.1) is 21.1 Å². The van der Waals surface area contributed by atoms with Gasteiger partial charge in [0.15, 0.2) is 6.54 Å². The van der Waals surface area contributed by atoms with Crippen molar-refractivity contribution in [1.82, 2.24) is 5.32 Å². The largest absolute Gasteiger partial charge is 0.345 e. The average Bonchev–Trinajstić information content (AvgIpc) is 2.66. The SMILES string of the molecule is CC1(C)[C@@H]2CC[C@@H](C2)[C@]1(C)NC(=O)C[N+](C)(C)C. The van der Waals surface area contributed by atoms with Crippen LogP contribution in [0.25, 0.3) is 0 Å². The number of likely N-dealkylation sites (N-methyl/N-ethyl adjacent to an activating group) is 1. The Morgan fingerprint density at radius 3 is 2.17 bits per heavy atom. The van der Waals surface area contributed by atoms with Crippen LogP contribution in [0.4, 0.5) is 0 Å². The van der Waals surface area contributed by atoms with Gasteiger partial charge in [-0.3, -0.25) is 4.79 Å². The topological polar surface area (TPSA) is 29.1 Å². The molecule has 0 aliphatic heterocycles. The lowest BCUT2D eigenvalue weighted by Gasteiger charge is -2.48. The monoisotopic (exact) mass is 253 g/mol. The van der Waals surface area contributed by atoms with Crippen molar-refractivity contribution >= 4 is 5.91 Å². The molecule has 2 saturated carbocycles. The van der Waals surface area contributed by atoms with E-state index in [1.807, 2.05) is 0 Å². The Balaban J connectivity index is 2.10. The predicted octanol–water partition coefficient (Wildman–Crippen LogP) is 2.02. The first-order valence-electron chi connectivity index (χ1n) is 7.18. The lowest BCUT2D eigenvalue weighted by molar-refractivity contribution is -0.862. The second-order valence-electron chi connectivity index (χ2n) is 8.13. The summed E-state index contributed by atoms with van der Waals surface area (Å²) in [5, 5.41) is 3.38. The number of nitrogens with zero attached hydrogens (tertiary/aromatic N) is 1. The van der Waals surface area contributed by atoms with Crippen LogP contribution in [0, 0.1) is 17.3 Å². The molecule has 1 N–H and O–H groups in total. The van der Waals surface area contributed by atoms with Crippen LogP contribution >= 0.6 is 0 Å². The molecular weight excluding hydrogens is 224 g/mol. The fourth-order valence-corrected chi connectivity index (χ4v) is 4.13. The molecule has 3 atom stereocenters. The van der Waals surface area contributed by atoms with Gasteiger partial charge in [0, 0.05) is 5.54 Å². The maximum Gasteiger partial charge on any atom is 0.275 e. The normalized spacial score (nSPS) is 37.9. The number of fused-ring (bicyclic) bond motifs is 2. The standard InChI is InChI=1S/C15H28N2O/c1-14(2)11-7-8-12(9-11)15(14,3)16-13(18)10-17(4,5)6/h11-12H,7-10H2,1-6H3/p+1/t11-,12+,15+/m1/s1. The Hall–Kier alpha value is -0.570. The number of hydrogen-bond acceptors (Lipinski definition) is 1. The zero-order valence-corrected chi connectivity index (χ0v) is 12.8. The van der Waals surface area contributed by atoms with E-state index in [1.54, 1.807) is 0 Å². The van der Waals surface area contributed by atoms with Crippen LogP contribution < -0.4 is 5.32 Å². The van der Waals surface area contributed by atoms with Crippen molar-refractivity contribution in [3.05, 3.63) is 0 Å². The van der Waals surface area contributed by atoms with Gasteiger partial charge in [-0.1, -0.05) is 13.8 Å². The molecule has 2 aliphatic rings. The van der Waals surface area contributed by atoms with E-state index in [4.69, 9.17) is 0 Å². The van der Waals surface area contributed by atoms with E-state index in [2.05, 4.69) is 47.2 Å². The highest BCUT2D eigenvalue weighted by atomic mass is 16.2. The number of rotatable bonds is 3. The van der Waals surface area contributed by atoms with Crippen molar-refractivity contribution in [2.75, 3.05) is 27.7 Å². The van der Waals surface area contributed by atoms with Crippen LogP contribution in [0.1, 0.15) is 40.0 Å². The first kappa shape index (κ1) is 13.9. The molecule has 0 aromatic carbocycles. The average molecular weight is 253 g/mol. The maximum absolute atomic E-state index is 12.3. The van der Waals surface area contributed by atoms with E-state index >= 15 is 0 Å². The van der Waals surface area contributed by atoms with Gasteiger partial charge in [-0.25, -0.2) is 0 Å². The maximum atomic E-state index is 12.3. The predicted molar refractivity (Wildman–Crippen MR) is 74.1 cm³/mol. The number of amides is 1. The third-order valence-electron chi connectivity index (χ3n) is 5.63. The van der Waals surface area contributed by atoms with Crippen LogP contribution in [0.2, 0.25) is 0 Å². The zero-order valence-electron chi connectivity index (χ0n) is 12.8. The van der Waals surface area contributed by atoms with Gasteiger partial charge in [0.2, 0.25) is 0 Å². The number of nitrogens with one attached hydrogen (secondary N) is 1. The highest BCUT2D eigenvalue weighted by Crippen LogP contribution is 2.61. The van der Waals surface area contributed by atoms with Crippen molar-refractivity contribution in [1.29, 1.82) is 0 Å². The van der Waals surface area contributed by atoms with Crippen LogP contribution in [0.3, 0.4) is 0 Å². The van der Waals surface area contributed by atoms with Crippen molar-refractivity contribution < 1.29 is 9.28 Å². The van der Waals surface area contributed by atoms with Gasteiger partial charge in [-0.15, -0.1) is 0 Å². The second-order valence-corrected chi connectivity index (χ2v) is 8.13. The summed E-state index contributed by atoms with van der Waals surface area (Å²) in [5.74, 6) is 1.66. The van der Waals surface area contributed by atoms with Gasteiger partial charge in [0.25, 0.3) is 5.91 Å². The van der Waals surface area contributed by atoms with Crippen molar-refractivity contribution in [3.8, 4) is 0 Å². The van der Waals surface area contributed by atoms with Crippen LogP contribution in [-0.4, -0.2) is 43.6 Å². The van der Waals surface area contributed by atoms with Crippen LogP contribution in [0.15, 0.2) is 0 Å². The van der Waals surface area contributed by atoms with Crippen LogP contribution in [-0.2, 0) is 4.79 Å². The summed E-state index contributed by atoms with van der Waals surface area (Å²) in [5.41, 5.74) is 0.221. The first-order valence-corrected chi connectivity index (χ1v) is 7.18. The van der Waals surface area contributed by atoms with Crippen molar-refractivity contribution in [2.45, 2.75) is 45.6 Å². The number of carbonyl (C=O) groups is 1. The molecule has 18 heavy (non-hydrogen) atoms. The van der Waals surface area contributed by atoms with E-state index in [0.29, 0.717) is 16.9 Å². The summed E-state index contributed by atoms with van der Waals surface area (Å²) < 4.78 is 0.691. The highest BCUT2D eigenvalue weighted by molar-refractivity contribution is 5.78. The number of carbonyl (C=O) groups excluding carboxylic acids is 1. The van der Waals surface area contributed by atoms with Crippen molar-refractivity contribution in [2.24, 2.45) is 17.3 Å². The van der Waals surface area contributed by atoms with Gasteiger partial charge in [-0.2, -0.15) is 0 Å². The molecule has 0 spiro atoms. The molecular formula is C15H29N2O+. The minimum absolute atomic E-state index is 0.0117. The van der Waals surface area contributed by atoms with Crippen LogP contribution in [0.5, 0.6) is 0 Å².